The Labute approximate surface area is 137 Å². The van der Waals surface area contributed by atoms with E-state index in [2.05, 4.69) is 26.2 Å². The van der Waals surface area contributed by atoms with Crippen LogP contribution < -0.4 is 0 Å². The van der Waals surface area contributed by atoms with Gasteiger partial charge < -0.3 is 4.40 Å². The average Bonchev–Trinajstić information content (AvgIpc) is 3.24. The number of nitrogens with zero attached hydrogens (tertiary/aromatic N) is 5. The third kappa shape index (κ3) is 2.54. The van der Waals surface area contributed by atoms with Gasteiger partial charge in [-0.3, -0.25) is 5.10 Å². The van der Waals surface area contributed by atoms with E-state index in [-0.39, 0.29) is 12.4 Å². The van der Waals surface area contributed by atoms with Crippen molar-refractivity contribution in [3.63, 3.8) is 0 Å². The lowest BCUT2D eigenvalue weighted by molar-refractivity contribution is 1.09. The van der Waals surface area contributed by atoms with Crippen molar-refractivity contribution in [2.45, 2.75) is 0 Å². The zero-order valence-electron chi connectivity index (χ0n) is 11.8. The maximum absolute atomic E-state index is 9.12. The molecule has 4 aromatic rings. The van der Waals surface area contributed by atoms with Gasteiger partial charge in [-0.2, -0.15) is 10.4 Å². The molecule has 4 rings (SSSR count). The molecule has 1 N–H and O–H groups in total. The summed E-state index contributed by atoms with van der Waals surface area (Å²) in [5.41, 5.74) is 4.71. The van der Waals surface area contributed by atoms with E-state index < -0.39 is 0 Å². The molecule has 0 atom stereocenters. The molecule has 0 spiro atoms. The number of aromatic nitrogens is 5. The molecule has 23 heavy (non-hydrogen) atoms. The first kappa shape index (κ1) is 14.8. The number of hydrogen-bond acceptors (Lipinski definition) is 4. The SMILES string of the molecule is Cl.N#Cc1ccc(-c2cn[nH]c2)c(-c2ccn3ccnc3c2)n1. The first-order chi connectivity index (χ1) is 10.8. The van der Waals surface area contributed by atoms with E-state index in [1.54, 1.807) is 24.7 Å². The van der Waals surface area contributed by atoms with Crippen LogP contribution in [0.4, 0.5) is 0 Å². The summed E-state index contributed by atoms with van der Waals surface area (Å²) >= 11 is 0. The third-order valence-electron chi connectivity index (χ3n) is 3.49. The van der Waals surface area contributed by atoms with Crippen LogP contribution in [0.5, 0.6) is 0 Å². The van der Waals surface area contributed by atoms with E-state index in [0.29, 0.717) is 5.69 Å². The van der Waals surface area contributed by atoms with Crippen LogP contribution in [0.3, 0.4) is 0 Å². The molecule has 0 aliphatic carbocycles. The number of H-pyrrole nitrogens is 1. The molecule has 0 radical (unpaired) electrons. The Hall–Kier alpha value is -3.17. The fourth-order valence-electron chi connectivity index (χ4n) is 2.43. The molecule has 4 heterocycles. The van der Waals surface area contributed by atoms with Gasteiger partial charge >= 0.3 is 0 Å². The molecule has 0 unspecified atom stereocenters. The molecule has 112 valence electrons. The summed E-state index contributed by atoms with van der Waals surface area (Å²) in [7, 11) is 0. The van der Waals surface area contributed by atoms with Crippen molar-refractivity contribution in [2.75, 3.05) is 0 Å². The van der Waals surface area contributed by atoms with Gasteiger partial charge in [-0.15, -0.1) is 12.4 Å². The minimum absolute atomic E-state index is 0. The molecule has 7 heteroatoms. The van der Waals surface area contributed by atoms with E-state index in [1.165, 1.54) is 0 Å². The third-order valence-corrected chi connectivity index (χ3v) is 3.49. The second-order valence-corrected chi connectivity index (χ2v) is 4.80. The summed E-state index contributed by atoms with van der Waals surface area (Å²) in [5, 5.41) is 15.9. The molecule has 0 saturated carbocycles. The van der Waals surface area contributed by atoms with Crippen molar-refractivity contribution in [3.05, 3.63) is 60.9 Å². The van der Waals surface area contributed by atoms with Crippen molar-refractivity contribution in [3.8, 4) is 28.5 Å². The smallest absolute Gasteiger partial charge is 0.141 e. The highest BCUT2D eigenvalue weighted by molar-refractivity contribution is 5.85. The second-order valence-electron chi connectivity index (χ2n) is 4.80. The number of fused-ring (bicyclic) bond motifs is 1. The van der Waals surface area contributed by atoms with E-state index in [4.69, 9.17) is 5.26 Å². The predicted molar refractivity (Wildman–Crippen MR) is 88.0 cm³/mol. The summed E-state index contributed by atoms with van der Waals surface area (Å²) in [4.78, 5) is 8.76. The molecule has 0 amide bonds. The normalized spacial score (nSPS) is 10.2. The summed E-state index contributed by atoms with van der Waals surface area (Å²) in [6, 6.07) is 9.60. The molecular formula is C16H11ClN6. The number of imidazole rings is 1. The summed E-state index contributed by atoms with van der Waals surface area (Å²) in [5.74, 6) is 0. The van der Waals surface area contributed by atoms with Crippen LogP contribution in [-0.4, -0.2) is 24.6 Å². The highest BCUT2D eigenvalue weighted by atomic mass is 35.5. The van der Waals surface area contributed by atoms with E-state index >= 15 is 0 Å². The Balaban J connectivity index is 0.00000156. The maximum atomic E-state index is 9.12. The average molecular weight is 323 g/mol. The van der Waals surface area contributed by atoms with E-state index in [0.717, 1.165) is 28.0 Å². The van der Waals surface area contributed by atoms with Gasteiger partial charge in [0.15, 0.2) is 0 Å². The molecule has 0 aliphatic rings. The number of hydrogen-bond donors (Lipinski definition) is 1. The highest BCUT2D eigenvalue weighted by Gasteiger charge is 2.12. The molecule has 0 aromatic carbocycles. The standard InChI is InChI=1S/C16H10N6.ClH/c17-8-13-1-2-14(12-9-19-20-10-12)16(21-13)11-3-5-22-6-4-18-15(22)7-11;/h1-7,9-10H,(H,19,20);1H. The van der Waals surface area contributed by atoms with Crippen molar-refractivity contribution in [1.29, 1.82) is 5.26 Å². The zero-order valence-corrected chi connectivity index (χ0v) is 12.7. The number of nitriles is 1. The van der Waals surface area contributed by atoms with Gasteiger partial charge in [-0.05, 0) is 24.3 Å². The van der Waals surface area contributed by atoms with Crippen LogP contribution >= 0.6 is 12.4 Å². The van der Waals surface area contributed by atoms with Crippen LogP contribution in [0.25, 0.3) is 28.0 Å². The molecule has 6 nitrogen and oxygen atoms in total. The van der Waals surface area contributed by atoms with Crippen molar-refractivity contribution >= 4 is 18.1 Å². The summed E-state index contributed by atoms with van der Waals surface area (Å²) in [6.07, 6.45) is 9.10. The number of halogens is 1. The molecule has 0 bridgehead atoms. The van der Waals surface area contributed by atoms with Gasteiger partial charge in [-0.1, -0.05) is 0 Å². The summed E-state index contributed by atoms with van der Waals surface area (Å²) < 4.78 is 1.93. The van der Waals surface area contributed by atoms with Gasteiger partial charge in [0.25, 0.3) is 0 Å². The Morgan fingerprint density at radius 3 is 2.83 bits per heavy atom. The topological polar surface area (TPSA) is 82.7 Å². The number of pyridine rings is 2. The fraction of sp³-hybridized carbons (Fsp3) is 0. The van der Waals surface area contributed by atoms with Crippen LogP contribution in [0.15, 0.2) is 55.2 Å². The van der Waals surface area contributed by atoms with Crippen LogP contribution in [0.2, 0.25) is 0 Å². The first-order valence-corrected chi connectivity index (χ1v) is 6.68. The number of rotatable bonds is 2. The van der Waals surface area contributed by atoms with Gasteiger partial charge in [0.2, 0.25) is 0 Å². The van der Waals surface area contributed by atoms with Crippen molar-refractivity contribution < 1.29 is 0 Å². The Morgan fingerprint density at radius 2 is 2.04 bits per heavy atom. The molecule has 0 aliphatic heterocycles. The van der Waals surface area contributed by atoms with Gasteiger partial charge in [0, 0.05) is 41.5 Å². The quantitative estimate of drug-likeness (QED) is 0.614. The lowest BCUT2D eigenvalue weighted by Crippen LogP contribution is -1.93. The first-order valence-electron chi connectivity index (χ1n) is 6.68. The van der Waals surface area contributed by atoms with Crippen molar-refractivity contribution in [1.82, 2.24) is 24.6 Å². The fourth-order valence-corrected chi connectivity index (χ4v) is 2.43. The second kappa shape index (κ2) is 5.91. The Kier molecular flexibility index (Phi) is 3.79. The van der Waals surface area contributed by atoms with Gasteiger partial charge in [0.05, 0.1) is 11.9 Å². The van der Waals surface area contributed by atoms with E-state index in [1.807, 2.05) is 35.0 Å². The highest BCUT2D eigenvalue weighted by Crippen LogP contribution is 2.30. The molecule has 4 aromatic heterocycles. The predicted octanol–water partition coefficient (Wildman–Crippen LogP) is 3.08. The zero-order chi connectivity index (χ0) is 14.9. The maximum Gasteiger partial charge on any atom is 0.141 e. The number of nitrogens with one attached hydrogen (secondary N) is 1. The monoisotopic (exact) mass is 322 g/mol. The molecular weight excluding hydrogens is 312 g/mol. The minimum Gasteiger partial charge on any atom is -0.307 e. The molecule has 0 fully saturated rings. The Bertz CT molecular complexity index is 997. The van der Waals surface area contributed by atoms with Crippen molar-refractivity contribution in [2.24, 2.45) is 0 Å². The van der Waals surface area contributed by atoms with Crippen LogP contribution in [0.1, 0.15) is 5.69 Å². The summed E-state index contributed by atoms with van der Waals surface area (Å²) in [6.45, 7) is 0. The Morgan fingerprint density at radius 1 is 1.13 bits per heavy atom. The lowest BCUT2D eigenvalue weighted by atomic mass is 10.0. The van der Waals surface area contributed by atoms with Gasteiger partial charge in [-0.25, -0.2) is 9.97 Å². The minimum atomic E-state index is 0. The van der Waals surface area contributed by atoms with Crippen LogP contribution in [0, 0.1) is 11.3 Å². The number of aromatic amines is 1. The molecule has 0 saturated heterocycles. The largest absolute Gasteiger partial charge is 0.307 e. The lowest BCUT2D eigenvalue weighted by Gasteiger charge is -2.08. The van der Waals surface area contributed by atoms with Gasteiger partial charge in [0.1, 0.15) is 17.4 Å². The van der Waals surface area contributed by atoms with Crippen LogP contribution in [-0.2, 0) is 0 Å². The van der Waals surface area contributed by atoms with E-state index in [9.17, 15) is 0 Å².